The Balaban J connectivity index is 1.81. The van der Waals surface area contributed by atoms with E-state index in [2.05, 4.69) is 32.7 Å². The van der Waals surface area contributed by atoms with E-state index in [-0.39, 0.29) is 22.7 Å². The van der Waals surface area contributed by atoms with Crippen LogP contribution in [-0.2, 0) is 16.0 Å². The molecular formula is C15H21NO2. The predicted molar refractivity (Wildman–Crippen MR) is 70.0 cm³/mol. The smallest absolute Gasteiger partial charge is 0.310 e. The number of hydrogen-bond donors (Lipinski definition) is 0. The van der Waals surface area contributed by atoms with Crippen LogP contribution < -0.4 is 0 Å². The number of pyridine rings is 1. The van der Waals surface area contributed by atoms with Gasteiger partial charge < -0.3 is 4.74 Å². The van der Waals surface area contributed by atoms with Gasteiger partial charge in [0.1, 0.15) is 0 Å². The lowest BCUT2D eigenvalue weighted by Gasteiger charge is -2.05. The lowest BCUT2D eigenvalue weighted by atomic mass is 10.0. The zero-order valence-electron chi connectivity index (χ0n) is 11.6. The summed E-state index contributed by atoms with van der Waals surface area (Å²) in [5, 5.41) is 0. The summed E-state index contributed by atoms with van der Waals surface area (Å²) in [4.78, 5) is 16.2. The molecule has 0 atom stereocenters. The number of rotatable bonds is 4. The average molecular weight is 247 g/mol. The minimum atomic E-state index is -0.0686. The molecule has 1 saturated carbocycles. The lowest BCUT2D eigenvalue weighted by Crippen LogP contribution is -2.13. The highest BCUT2D eigenvalue weighted by Crippen LogP contribution is 2.68. The van der Waals surface area contributed by atoms with Crippen LogP contribution in [0.3, 0.4) is 0 Å². The standard InChI is InChI=1S/C15H21NO2/c1-14(2)12(15(14,3)4)13(17)18-10-8-11-7-5-6-9-16-11/h5-7,9,12H,8,10H2,1-4H3. The van der Waals surface area contributed by atoms with Gasteiger partial charge in [-0.1, -0.05) is 33.8 Å². The Kier molecular flexibility index (Phi) is 3.18. The first-order valence-electron chi connectivity index (χ1n) is 6.44. The van der Waals surface area contributed by atoms with Crippen LogP contribution in [0.15, 0.2) is 24.4 Å². The molecule has 1 fully saturated rings. The van der Waals surface area contributed by atoms with E-state index < -0.39 is 0 Å². The highest BCUT2D eigenvalue weighted by Gasteiger charge is 2.69. The third-order valence-electron chi connectivity index (χ3n) is 4.59. The fraction of sp³-hybridized carbons (Fsp3) is 0.600. The molecule has 1 aliphatic carbocycles. The largest absolute Gasteiger partial charge is 0.465 e. The van der Waals surface area contributed by atoms with E-state index in [0.717, 1.165) is 5.69 Å². The number of nitrogens with zero attached hydrogens (tertiary/aromatic N) is 1. The Morgan fingerprint density at radius 1 is 1.28 bits per heavy atom. The lowest BCUT2D eigenvalue weighted by molar-refractivity contribution is -0.146. The summed E-state index contributed by atoms with van der Waals surface area (Å²) in [6.07, 6.45) is 2.43. The molecule has 1 aromatic rings. The fourth-order valence-electron chi connectivity index (χ4n) is 2.67. The topological polar surface area (TPSA) is 39.2 Å². The zero-order chi connectivity index (χ0) is 13.4. The van der Waals surface area contributed by atoms with Crippen molar-refractivity contribution in [1.82, 2.24) is 4.98 Å². The van der Waals surface area contributed by atoms with Crippen LogP contribution in [0.2, 0.25) is 0 Å². The van der Waals surface area contributed by atoms with Crippen LogP contribution in [0.4, 0.5) is 0 Å². The maximum atomic E-state index is 12.0. The third-order valence-corrected chi connectivity index (χ3v) is 4.59. The third kappa shape index (κ3) is 2.14. The molecule has 1 aromatic heterocycles. The molecule has 0 spiro atoms. The minimum Gasteiger partial charge on any atom is -0.465 e. The van der Waals surface area contributed by atoms with Crippen molar-refractivity contribution in [1.29, 1.82) is 0 Å². The number of hydrogen-bond acceptors (Lipinski definition) is 3. The molecule has 0 aliphatic heterocycles. The van der Waals surface area contributed by atoms with Crippen molar-refractivity contribution in [2.45, 2.75) is 34.1 Å². The first-order valence-corrected chi connectivity index (χ1v) is 6.44. The van der Waals surface area contributed by atoms with Gasteiger partial charge in [-0.25, -0.2) is 0 Å². The normalized spacial score (nSPS) is 20.4. The number of carbonyl (C=O) groups excluding carboxylic acids is 1. The monoisotopic (exact) mass is 247 g/mol. The van der Waals surface area contributed by atoms with Gasteiger partial charge in [-0.05, 0) is 23.0 Å². The van der Waals surface area contributed by atoms with Crippen molar-refractivity contribution in [3.63, 3.8) is 0 Å². The van der Waals surface area contributed by atoms with Crippen molar-refractivity contribution in [3.05, 3.63) is 30.1 Å². The molecule has 0 saturated heterocycles. The van der Waals surface area contributed by atoms with E-state index >= 15 is 0 Å². The van der Waals surface area contributed by atoms with Crippen LogP contribution in [0, 0.1) is 16.7 Å². The Morgan fingerprint density at radius 2 is 1.94 bits per heavy atom. The quantitative estimate of drug-likeness (QED) is 0.768. The first-order chi connectivity index (χ1) is 8.37. The van der Waals surface area contributed by atoms with Gasteiger partial charge in [-0.3, -0.25) is 9.78 Å². The van der Waals surface area contributed by atoms with E-state index in [1.807, 2.05) is 18.2 Å². The number of esters is 1. The summed E-state index contributed by atoms with van der Waals surface area (Å²) >= 11 is 0. The van der Waals surface area contributed by atoms with E-state index in [4.69, 9.17) is 4.74 Å². The van der Waals surface area contributed by atoms with Gasteiger partial charge in [0.2, 0.25) is 0 Å². The Hall–Kier alpha value is -1.38. The maximum Gasteiger partial charge on any atom is 0.310 e. The summed E-state index contributed by atoms with van der Waals surface area (Å²) in [5.74, 6) is -0.0466. The van der Waals surface area contributed by atoms with Crippen molar-refractivity contribution >= 4 is 5.97 Å². The Bertz CT molecular complexity index is 423. The summed E-state index contributed by atoms with van der Waals surface area (Å²) in [6, 6.07) is 5.76. The van der Waals surface area contributed by atoms with Gasteiger partial charge in [0.25, 0.3) is 0 Å². The van der Waals surface area contributed by atoms with E-state index in [1.165, 1.54) is 0 Å². The van der Waals surface area contributed by atoms with Crippen molar-refractivity contribution in [3.8, 4) is 0 Å². The summed E-state index contributed by atoms with van der Waals surface area (Å²) < 4.78 is 5.36. The minimum absolute atomic E-state index is 0.0220. The predicted octanol–water partition coefficient (Wildman–Crippen LogP) is 2.85. The molecular weight excluding hydrogens is 226 g/mol. The van der Waals surface area contributed by atoms with Crippen molar-refractivity contribution in [2.24, 2.45) is 16.7 Å². The number of aromatic nitrogens is 1. The van der Waals surface area contributed by atoms with Crippen molar-refractivity contribution < 1.29 is 9.53 Å². The Morgan fingerprint density at radius 3 is 2.44 bits per heavy atom. The highest BCUT2D eigenvalue weighted by molar-refractivity contribution is 5.78. The zero-order valence-corrected chi connectivity index (χ0v) is 11.6. The molecule has 0 N–H and O–H groups in total. The van der Waals surface area contributed by atoms with Gasteiger partial charge in [0.05, 0.1) is 12.5 Å². The molecule has 2 rings (SSSR count). The van der Waals surface area contributed by atoms with Crippen LogP contribution in [0.25, 0.3) is 0 Å². The number of ether oxygens (including phenoxy) is 1. The molecule has 98 valence electrons. The molecule has 0 unspecified atom stereocenters. The molecule has 18 heavy (non-hydrogen) atoms. The maximum absolute atomic E-state index is 12.0. The van der Waals surface area contributed by atoms with E-state index in [1.54, 1.807) is 6.20 Å². The average Bonchev–Trinajstić information content (AvgIpc) is 2.70. The Labute approximate surface area is 109 Å². The van der Waals surface area contributed by atoms with Gasteiger partial charge in [-0.2, -0.15) is 0 Å². The molecule has 1 heterocycles. The molecule has 0 bridgehead atoms. The van der Waals surface area contributed by atoms with Crippen LogP contribution >= 0.6 is 0 Å². The van der Waals surface area contributed by atoms with Gasteiger partial charge >= 0.3 is 5.97 Å². The van der Waals surface area contributed by atoms with Crippen LogP contribution in [0.5, 0.6) is 0 Å². The van der Waals surface area contributed by atoms with Crippen molar-refractivity contribution in [2.75, 3.05) is 6.61 Å². The molecule has 3 heteroatoms. The SMILES string of the molecule is CC1(C)C(C(=O)OCCc2ccccn2)C1(C)C. The highest BCUT2D eigenvalue weighted by atomic mass is 16.5. The summed E-state index contributed by atoms with van der Waals surface area (Å²) in [5.41, 5.74) is 1.06. The first kappa shape index (κ1) is 13.1. The van der Waals surface area contributed by atoms with Gasteiger partial charge in [0, 0.05) is 18.3 Å². The van der Waals surface area contributed by atoms with Crippen LogP contribution in [0.1, 0.15) is 33.4 Å². The molecule has 3 nitrogen and oxygen atoms in total. The number of carbonyl (C=O) groups is 1. The molecule has 1 aliphatic rings. The second-order valence-corrected chi connectivity index (χ2v) is 6.11. The van der Waals surface area contributed by atoms with Gasteiger partial charge in [0.15, 0.2) is 0 Å². The van der Waals surface area contributed by atoms with Gasteiger partial charge in [-0.15, -0.1) is 0 Å². The van der Waals surface area contributed by atoms with Crippen LogP contribution in [-0.4, -0.2) is 17.6 Å². The molecule has 0 amide bonds. The second-order valence-electron chi connectivity index (χ2n) is 6.11. The van der Waals surface area contributed by atoms with E-state index in [9.17, 15) is 4.79 Å². The summed E-state index contributed by atoms with van der Waals surface area (Å²) in [7, 11) is 0. The second kappa shape index (κ2) is 4.38. The fourth-order valence-corrected chi connectivity index (χ4v) is 2.67. The summed E-state index contributed by atoms with van der Waals surface area (Å²) in [6.45, 7) is 8.91. The molecule has 0 radical (unpaired) electrons. The van der Waals surface area contributed by atoms with E-state index in [0.29, 0.717) is 13.0 Å². The molecule has 0 aromatic carbocycles.